The Morgan fingerprint density at radius 2 is 1.34 bits per heavy atom. The Hall–Kier alpha value is -6.37. The number of piperazine rings is 1. The van der Waals surface area contributed by atoms with Gasteiger partial charge in [0.2, 0.25) is 17.1 Å². The molecule has 0 unspecified atom stereocenters. The fourth-order valence-electron chi connectivity index (χ4n) is 7.87. The third-order valence-electron chi connectivity index (χ3n) is 11.0. The van der Waals surface area contributed by atoms with Crippen LogP contribution in [0, 0.1) is 20.8 Å². The summed E-state index contributed by atoms with van der Waals surface area (Å²) in [6.45, 7) is 18.0. The minimum Gasteiger partial charge on any atom is -0.491 e. The fraction of sp³-hybridized carbons (Fsp3) is 0.432. The number of allylic oxidation sites excluding steroid dienone is 2. The number of methoxy groups -OCH3 is 1. The summed E-state index contributed by atoms with van der Waals surface area (Å²) in [5, 5.41) is 8.87. The first-order valence-electron chi connectivity index (χ1n) is 21.2. The number of hydrogen-bond acceptors (Lipinski definition) is 9. The van der Waals surface area contributed by atoms with Crippen molar-refractivity contribution in [1.82, 2.24) is 48.5 Å². The van der Waals surface area contributed by atoms with Crippen molar-refractivity contribution in [1.29, 1.82) is 0 Å². The van der Waals surface area contributed by atoms with E-state index in [1.165, 1.54) is 0 Å². The number of primary amides is 1. The second kappa shape index (κ2) is 19.6. The monoisotopic (exact) mass is 847 g/mol. The minimum atomic E-state index is -0.610. The smallest absolute Gasteiger partial charge is 0.298 e. The molecule has 6 aromatic rings. The van der Waals surface area contributed by atoms with Gasteiger partial charge in [-0.3, -0.25) is 28.6 Å². The molecule has 0 atom stereocenters. The molecule has 0 saturated carbocycles. The van der Waals surface area contributed by atoms with Gasteiger partial charge in [0.1, 0.15) is 22.7 Å². The molecule has 7 rings (SSSR count). The Morgan fingerprint density at radius 3 is 1.94 bits per heavy atom. The summed E-state index contributed by atoms with van der Waals surface area (Å²) in [6.07, 6.45) is 4.69. The van der Waals surface area contributed by atoms with Crippen molar-refractivity contribution in [2.75, 3.05) is 59.6 Å². The number of fused-ring (bicyclic) bond motifs is 2. The Balaban J connectivity index is 1.21. The highest BCUT2D eigenvalue weighted by Crippen LogP contribution is 2.27. The first kappa shape index (κ1) is 43.7. The molecule has 0 bridgehead atoms. The molecule has 18 heteroatoms. The van der Waals surface area contributed by atoms with Crippen LogP contribution in [-0.2, 0) is 30.9 Å². The maximum atomic E-state index is 13.8. The molecule has 2 aromatic carbocycles. The van der Waals surface area contributed by atoms with Gasteiger partial charge in [-0.1, -0.05) is 18.2 Å². The SMILES string of the molecule is CCn1nc(C)cc1C(=O)/N=c1\[nH]c2cc(C)ccc2n1C/C=C/Cn1/c(=N/C(=O)c2cc(C)nn2CC)[nH]c2cc(C(N)=O)cc(OCCCN3CCN(CCOC)CC3)c21. The molecule has 5 heterocycles. The largest absolute Gasteiger partial charge is 0.491 e. The predicted octanol–water partition coefficient (Wildman–Crippen LogP) is 3.48. The van der Waals surface area contributed by atoms with Crippen molar-refractivity contribution in [2.45, 2.75) is 67.2 Å². The van der Waals surface area contributed by atoms with Crippen LogP contribution in [0.25, 0.3) is 22.1 Å². The van der Waals surface area contributed by atoms with Crippen molar-refractivity contribution < 1.29 is 23.9 Å². The van der Waals surface area contributed by atoms with E-state index in [2.05, 4.69) is 39.9 Å². The van der Waals surface area contributed by atoms with E-state index in [0.29, 0.717) is 65.7 Å². The van der Waals surface area contributed by atoms with Gasteiger partial charge < -0.3 is 39.2 Å². The molecule has 4 aromatic heterocycles. The molecule has 62 heavy (non-hydrogen) atoms. The van der Waals surface area contributed by atoms with E-state index in [4.69, 9.17) is 15.2 Å². The van der Waals surface area contributed by atoms with Gasteiger partial charge in [0.05, 0.1) is 41.2 Å². The van der Waals surface area contributed by atoms with Crippen LogP contribution in [0.4, 0.5) is 0 Å². The second-order valence-electron chi connectivity index (χ2n) is 15.5. The molecule has 4 N–H and O–H groups in total. The number of hydrogen-bond donors (Lipinski definition) is 3. The molecule has 1 aliphatic heterocycles. The van der Waals surface area contributed by atoms with Gasteiger partial charge in [0.25, 0.3) is 11.8 Å². The lowest BCUT2D eigenvalue weighted by Gasteiger charge is -2.34. The molecule has 0 spiro atoms. The number of amides is 3. The Morgan fingerprint density at radius 1 is 0.758 bits per heavy atom. The van der Waals surface area contributed by atoms with Crippen LogP contribution in [0.3, 0.4) is 0 Å². The van der Waals surface area contributed by atoms with Gasteiger partial charge in [-0.15, -0.1) is 0 Å². The van der Waals surface area contributed by atoms with Crippen molar-refractivity contribution in [2.24, 2.45) is 15.7 Å². The summed E-state index contributed by atoms with van der Waals surface area (Å²) in [4.78, 5) is 60.5. The molecule has 1 saturated heterocycles. The first-order chi connectivity index (χ1) is 30.0. The van der Waals surface area contributed by atoms with Crippen LogP contribution in [0.2, 0.25) is 0 Å². The van der Waals surface area contributed by atoms with Crippen LogP contribution >= 0.6 is 0 Å². The van der Waals surface area contributed by atoms with Gasteiger partial charge in [-0.05, 0) is 83.0 Å². The number of aromatic amines is 2. The number of rotatable bonds is 17. The van der Waals surface area contributed by atoms with Gasteiger partial charge in [0.15, 0.2) is 0 Å². The number of nitrogens with two attached hydrogens (primary N) is 1. The number of carbonyl (C=O) groups excluding carboxylic acids is 3. The zero-order valence-electron chi connectivity index (χ0n) is 36.5. The maximum absolute atomic E-state index is 13.8. The van der Waals surface area contributed by atoms with E-state index in [0.717, 1.165) is 74.6 Å². The number of H-pyrrole nitrogens is 2. The van der Waals surface area contributed by atoms with Gasteiger partial charge >= 0.3 is 0 Å². The second-order valence-corrected chi connectivity index (χ2v) is 15.5. The first-order valence-corrected chi connectivity index (χ1v) is 21.2. The molecular formula is C44H57N13O5. The van der Waals surface area contributed by atoms with Crippen molar-refractivity contribution in [3.8, 4) is 5.75 Å². The lowest BCUT2D eigenvalue weighted by Crippen LogP contribution is -2.47. The highest BCUT2D eigenvalue weighted by molar-refractivity contribution is 5.98. The van der Waals surface area contributed by atoms with Crippen molar-refractivity contribution in [3.63, 3.8) is 0 Å². The van der Waals surface area contributed by atoms with Crippen molar-refractivity contribution in [3.05, 3.63) is 99.8 Å². The van der Waals surface area contributed by atoms with Crippen LogP contribution in [0.1, 0.15) is 68.6 Å². The summed E-state index contributed by atoms with van der Waals surface area (Å²) in [6, 6.07) is 12.8. The van der Waals surface area contributed by atoms with Crippen LogP contribution in [-0.4, -0.2) is 126 Å². The van der Waals surface area contributed by atoms with E-state index in [1.807, 2.05) is 74.1 Å². The Kier molecular flexibility index (Phi) is 13.8. The van der Waals surface area contributed by atoms with Crippen molar-refractivity contribution >= 4 is 39.8 Å². The fourth-order valence-corrected chi connectivity index (χ4v) is 7.87. The summed E-state index contributed by atoms with van der Waals surface area (Å²) in [5.74, 6) is -1.05. The molecule has 18 nitrogen and oxygen atoms in total. The van der Waals surface area contributed by atoms with Gasteiger partial charge in [-0.25, -0.2) is 0 Å². The maximum Gasteiger partial charge on any atom is 0.298 e. The highest BCUT2D eigenvalue weighted by Gasteiger charge is 2.20. The highest BCUT2D eigenvalue weighted by atomic mass is 16.5. The normalized spacial score (nSPS) is 14.6. The van der Waals surface area contributed by atoms with E-state index in [-0.39, 0.29) is 17.7 Å². The quantitative estimate of drug-likeness (QED) is 0.0907. The number of benzene rings is 2. The number of aryl methyl sites for hydroxylation is 5. The summed E-state index contributed by atoms with van der Waals surface area (Å²) in [5.41, 5.74) is 12.9. The number of nitrogens with one attached hydrogen (secondary N) is 2. The molecule has 1 aliphatic rings. The molecule has 0 radical (unpaired) electrons. The average Bonchev–Trinajstić information content (AvgIpc) is 4.02. The molecule has 1 fully saturated rings. The summed E-state index contributed by atoms with van der Waals surface area (Å²) >= 11 is 0. The predicted molar refractivity (Wildman–Crippen MR) is 235 cm³/mol. The van der Waals surface area contributed by atoms with Crippen LogP contribution < -0.4 is 21.7 Å². The number of ether oxygens (including phenoxy) is 2. The topological polar surface area (TPSA) is 204 Å². The van der Waals surface area contributed by atoms with Crippen LogP contribution in [0.15, 0.2) is 64.6 Å². The minimum absolute atomic E-state index is 0.258. The molecule has 328 valence electrons. The van der Waals surface area contributed by atoms with E-state index >= 15 is 0 Å². The lowest BCUT2D eigenvalue weighted by molar-refractivity contribution is 0.0941. The number of carbonyl (C=O) groups is 3. The Bertz CT molecular complexity index is 2750. The van der Waals surface area contributed by atoms with E-state index in [9.17, 15) is 14.4 Å². The molecular weight excluding hydrogens is 791 g/mol. The zero-order valence-corrected chi connectivity index (χ0v) is 36.5. The molecule has 0 aliphatic carbocycles. The summed E-state index contributed by atoms with van der Waals surface area (Å²) in [7, 11) is 1.73. The standard InChI is InChI=1S/C44H57N13O5/c1-7-56-36(25-30(4)50-56)41(59)48-43-46-33-24-29(3)12-13-35(33)54(43)15-9-10-16-55-39-34(47-44(55)49-42(60)37-26-31(5)51-57(37)8-2)27-32(40(45)58)28-38(39)62-22-11-14-52-17-19-53(20-18-52)21-23-61-6/h9-10,12-13,24-28H,7-8,11,14-23H2,1-6H3,(H2,45,58)(H,46,48,59)(H,47,49,60)/b10-9+. The average molecular weight is 848 g/mol. The molecule has 3 amide bonds. The third kappa shape index (κ3) is 9.88. The Labute approximate surface area is 359 Å². The number of nitrogens with zero attached hydrogens (tertiary/aromatic N) is 10. The van der Waals surface area contributed by atoms with Gasteiger partial charge in [-0.2, -0.15) is 20.2 Å². The number of aromatic nitrogens is 8. The lowest BCUT2D eigenvalue weighted by atomic mass is 10.1. The van der Waals surface area contributed by atoms with E-state index < -0.39 is 17.7 Å². The summed E-state index contributed by atoms with van der Waals surface area (Å²) < 4.78 is 18.8. The van der Waals surface area contributed by atoms with Gasteiger partial charge in [0, 0.05) is 78.1 Å². The van der Waals surface area contributed by atoms with Crippen LogP contribution in [0.5, 0.6) is 5.75 Å². The zero-order chi connectivity index (χ0) is 43.9. The number of imidazole rings is 2. The third-order valence-corrected chi connectivity index (χ3v) is 11.0. The van der Waals surface area contributed by atoms with E-state index in [1.54, 1.807) is 40.7 Å².